The first-order valence-electron chi connectivity index (χ1n) is 14.8. The fourth-order valence-electron chi connectivity index (χ4n) is 5.96. The number of hydrazone groups is 1. The Hall–Kier alpha value is -4.58. The Morgan fingerprint density at radius 2 is 1.50 bits per heavy atom. The summed E-state index contributed by atoms with van der Waals surface area (Å²) in [5.74, 6) is 2.29. The monoisotopic (exact) mass is 560 g/mol. The highest BCUT2D eigenvalue weighted by Crippen LogP contribution is 2.44. The second-order valence-corrected chi connectivity index (χ2v) is 10.6. The molecular formula is C36H36N2O4. The lowest BCUT2D eigenvalue weighted by molar-refractivity contribution is -0.135. The lowest BCUT2D eigenvalue weighted by atomic mass is 9.77. The second kappa shape index (κ2) is 12.5. The minimum Gasteiger partial charge on any atom is -0.494 e. The number of carbonyl (C=O) groups excluding carboxylic acids is 1. The molecule has 1 heterocycles. The van der Waals surface area contributed by atoms with Crippen molar-refractivity contribution in [2.45, 2.75) is 39.2 Å². The van der Waals surface area contributed by atoms with Gasteiger partial charge in [0.2, 0.25) is 0 Å². The molecule has 1 fully saturated rings. The van der Waals surface area contributed by atoms with Crippen molar-refractivity contribution in [2.24, 2.45) is 11.0 Å². The highest BCUT2D eigenvalue weighted by molar-refractivity contribution is 6.08. The molecule has 4 aromatic carbocycles. The van der Waals surface area contributed by atoms with Gasteiger partial charge < -0.3 is 14.2 Å². The van der Waals surface area contributed by atoms with Crippen LogP contribution in [-0.4, -0.2) is 36.4 Å². The summed E-state index contributed by atoms with van der Waals surface area (Å²) in [5, 5.41) is 8.88. The third-order valence-corrected chi connectivity index (χ3v) is 7.90. The molecule has 6 rings (SSSR count). The van der Waals surface area contributed by atoms with Gasteiger partial charge in [-0.15, -0.1) is 0 Å². The van der Waals surface area contributed by atoms with Crippen molar-refractivity contribution in [3.63, 3.8) is 0 Å². The van der Waals surface area contributed by atoms with Crippen LogP contribution in [0.25, 0.3) is 16.8 Å². The van der Waals surface area contributed by atoms with Crippen LogP contribution in [0.3, 0.4) is 0 Å². The molecule has 1 aliphatic carbocycles. The van der Waals surface area contributed by atoms with Crippen LogP contribution in [0, 0.1) is 5.92 Å². The van der Waals surface area contributed by atoms with Crippen LogP contribution >= 0.6 is 0 Å². The first kappa shape index (κ1) is 27.6. The maximum Gasteiger partial charge on any atom is 0.281 e. The molecular weight excluding hydrogens is 524 g/mol. The molecule has 1 amide bonds. The van der Waals surface area contributed by atoms with E-state index < -0.39 is 0 Å². The number of carbonyl (C=O) groups is 1. The van der Waals surface area contributed by atoms with E-state index in [0.717, 1.165) is 58.4 Å². The van der Waals surface area contributed by atoms with Gasteiger partial charge in [-0.25, -0.2) is 5.01 Å². The molecule has 0 bridgehead atoms. The zero-order valence-electron chi connectivity index (χ0n) is 24.2. The Bertz CT molecular complexity index is 1610. The smallest absolute Gasteiger partial charge is 0.281 e. The Balaban J connectivity index is 1.29. The highest BCUT2D eigenvalue weighted by atomic mass is 16.5. The number of allylic oxidation sites excluding steroid dienone is 1. The SMILES string of the molecule is CCOc1ccc(C=C2CCCC3C2=NN(C(=O)COc2ccc4ccccc4c2)C3c2ccc(OCC)cc2)cc1. The number of rotatable bonds is 9. The number of hydrogen-bond donors (Lipinski definition) is 0. The number of benzene rings is 4. The van der Waals surface area contributed by atoms with Gasteiger partial charge in [0.15, 0.2) is 6.61 Å². The summed E-state index contributed by atoms with van der Waals surface area (Å²) >= 11 is 0. The average Bonchev–Trinajstić information content (AvgIpc) is 3.42. The van der Waals surface area contributed by atoms with Gasteiger partial charge in [-0.05, 0) is 103 Å². The van der Waals surface area contributed by atoms with Crippen molar-refractivity contribution in [2.75, 3.05) is 19.8 Å². The summed E-state index contributed by atoms with van der Waals surface area (Å²) in [6.07, 6.45) is 5.13. The van der Waals surface area contributed by atoms with Gasteiger partial charge in [0.1, 0.15) is 17.2 Å². The third-order valence-electron chi connectivity index (χ3n) is 7.90. The van der Waals surface area contributed by atoms with E-state index in [1.54, 1.807) is 5.01 Å². The Morgan fingerprint density at radius 3 is 2.21 bits per heavy atom. The second-order valence-electron chi connectivity index (χ2n) is 10.6. The fourth-order valence-corrected chi connectivity index (χ4v) is 5.96. The molecule has 6 heteroatoms. The highest BCUT2D eigenvalue weighted by Gasteiger charge is 2.43. The standard InChI is InChI=1S/C36H36N2O4/c1-3-40-30-17-12-25(13-18-30)22-29-10-7-11-33-35(29)37-38(36(33)27-15-19-31(20-16-27)41-4-2)34(39)24-42-32-21-14-26-8-5-6-9-28(26)23-32/h5-6,8-9,12-23,33,36H,3-4,7,10-11,24H2,1-2H3. The third kappa shape index (κ3) is 5.89. The van der Waals surface area contributed by atoms with Gasteiger partial charge in [0.25, 0.3) is 5.91 Å². The quantitative estimate of drug-likeness (QED) is 0.209. The first-order valence-corrected chi connectivity index (χ1v) is 14.8. The van der Waals surface area contributed by atoms with E-state index >= 15 is 0 Å². The molecule has 0 spiro atoms. The number of amides is 1. The van der Waals surface area contributed by atoms with Gasteiger partial charge in [-0.3, -0.25) is 4.79 Å². The summed E-state index contributed by atoms with van der Waals surface area (Å²) in [5.41, 5.74) is 4.31. The van der Waals surface area contributed by atoms with Crippen molar-refractivity contribution < 1.29 is 19.0 Å². The summed E-state index contributed by atoms with van der Waals surface area (Å²) < 4.78 is 17.3. The van der Waals surface area contributed by atoms with Crippen LogP contribution < -0.4 is 14.2 Å². The maximum atomic E-state index is 13.8. The predicted molar refractivity (Wildman–Crippen MR) is 167 cm³/mol. The molecule has 42 heavy (non-hydrogen) atoms. The van der Waals surface area contributed by atoms with Crippen molar-refractivity contribution in [3.05, 3.63) is 108 Å². The topological polar surface area (TPSA) is 60.4 Å². The fraction of sp³-hybridized carbons (Fsp3) is 0.278. The largest absolute Gasteiger partial charge is 0.494 e. The van der Waals surface area contributed by atoms with Gasteiger partial charge in [0, 0.05) is 5.92 Å². The molecule has 2 aliphatic rings. The van der Waals surface area contributed by atoms with E-state index in [9.17, 15) is 4.79 Å². The van der Waals surface area contributed by atoms with E-state index in [2.05, 4.69) is 36.4 Å². The van der Waals surface area contributed by atoms with Crippen LogP contribution in [0.2, 0.25) is 0 Å². The molecule has 4 aromatic rings. The van der Waals surface area contributed by atoms with Crippen LogP contribution in [0.4, 0.5) is 0 Å². The minimum absolute atomic E-state index is 0.0900. The summed E-state index contributed by atoms with van der Waals surface area (Å²) in [6.45, 7) is 5.11. The molecule has 2 atom stereocenters. The Morgan fingerprint density at radius 1 is 0.833 bits per heavy atom. The summed E-state index contributed by atoms with van der Waals surface area (Å²) in [4.78, 5) is 13.8. The van der Waals surface area contributed by atoms with Crippen molar-refractivity contribution >= 4 is 28.5 Å². The number of nitrogens with zero attached hydrogens (tertiary/aromatic N) is 2. The van der Waals surface area contributed by atoms with Crippen LogP contribution in [0.5, 0.6) is 17.2 Å². The predicted octanol–water partition coefficient (Wildman–Crippen LogP) is 7.84. The molecule has 0 saturated heterocycles. The summed E-state index contributed by atoms with van der Waals surface area (Å²) in [7, 11) is 0. The molecule has 2 unspecified atom stereocenters. The van der Waals surface area contributed by atoms with Crippen molar-refractivity contribution in [1.82, 2.24) is 5.01 Å². The van der Waals surface area contributed by atoms with Crippen LogP contribution in [0.1, 0.15) is 50.3 Å². The van der Waals surface area contributed by atoms with Gasteiger partial charge in [-0.1, -0.05) is 54.6 Å². The van der Waals surface area contributed by atoms with Crippen LogP contribution in [-0.2, 0) is 4.79 Å². The Labute approximate surface area is 247 Å². The van der Waals surface area contributed by atoms with E-state index in [1.165, 1.54) is 5.57 Å². The van der Waals surface area contributed by atoms with E-state index in [1.807, 2.05) is 74.5 Å². The number of ether oxygens (including phenoxy) is 3. The van der Waals surface area contributed by atoms with Gasteiger partial charge in [-0.2, -0.15) is 5.10 Å². The average molecular weight is 561 g/mol. The molecule has 1 aliphatic heterocycles. The number of fused-ring (bicyclic) bond motifs is 2. The molecule has 0 N–H and O–H groups in total. The van der Waals surface area contributed by atoms with E-state index in [0.29, 0.717) is 19.0 Å². The minimum atomic E-state index is -0.201. The van der Waals surface area contributed by atoms with Crippen molar-refractivity contribution in [3.8, 4) is 17.2 Å². The first-order chi connectivity index (χ1) is 20.6. The zero-order valence-corrected chi connectivity index (χ0v) is 24.2. The lowest BCUT2D eigenvalue weighted by Gasteiger charge is -2.29. The van der Waals surface area contributed by atoms with Crippen molar-refractivity contribution in [1.29, 1.82) is 0 Å². The van der Waals surface area contributed by atoms with Crippen LogP contribution in [0.15, 0.2) is 102 Å². The normalized spacial score (nSPS) is 19.0. The molecule has 0 aromatic heterocycles. The zero-order chi connectivity index (χ0) is 28.9. The molecule has 214 valence electrons. The lowest BCUT2D eigenvalue weighted by Crippen LogP contribution is -2.34. The maximum absolute atomic E-state index is 13.8. The van der Waals surface area contributed by atoms with E-state index in [-0.39, 0.29) is 24.5 Å². The molecule has 1 saturated carbocycles. The Kier molecular flexibility index (Phi) is 8.22. The van der Waals surface area contributed by atoms with E-state index in [4.69, 9.17) is 19.3 Å². The van der Waals surface area contributed by atoms with Gasteiger partial charge in [0.05, 0.1) is 25.0 Å². The molecule has 0 radical (unpaired) electrons. The number of hydrogen-bond acceptors (Lipinski definition) is 5. The van der Waals surface area contributed by atoms with Gasteiger partial charge >= 0.3 is 0 Å². The molecule has 6 nitrogen and oxygen atoms in total. The summed E-state index contributed by atoms with van der Waals surface area (Å²) in [6, 6.07) is 30.0.